The maximum Gasteiger partial charge on any atom is 0.0379 e. The van der Waals surface area contributed by atoms with Crippen LogP contribution in [0, 0.1) is 11.8 Å². The number of hydrogen-bond donors (Lipinski definition) is 1. The number of nitrogens with one attached hydrogen (secondary N) is 1. The van der Waals surface area contributed by atoms with E-state index in [2.05, 4.69) is 33.0 Å². The van der Waals surface area contributed by atoms with Gasteiger partial charge >= 0.3 is 0 Å². The Morgan fingerprint density at radius 1 is 1.18 bits per heavy atom. The van der Waals surface area contributed by atoms with Gasteiger partial charge < -0.3 is 5.32 Å². The molecule has 0 aliphatic rings. The molecule has 11 heavy (non-hydrogen) atoms. The average molecular weight is 178 g/mol. The van der Waals surface area contributed by atoms with Gasteiger partial charge in [0.1, 0.15) is 0 Å². The first kappa shape index (κ1) is 11.2. The van der Waals surface area contributed by atoms with E-state index in [1.165, 1.54) is 0 Å². The SMILES string of the molecule is CC(C)CNC(CCl)C(C)C. The summed E-state index contributed by atoms with van der Waals surface area (Å²) in [5.74, 6) is 2.05. The largest absolute Gasteiger partial charge is 0.312 e. The highest BCUT2D eigenvalue weighted by atomic mass is 35.5. The Bertz CT molecular complexity index is 91.6. The molecule has 0 saturated heterocycles. The molecule has 0 saturated carbocycles. The van der Waals surface area contributed by atoms with E-state index in [0.29, 0.717) is 23.8 Å². The Labute approximate surface area is 75.5 Å². The van der Waals surface area contributed by atoms with Gasteiger partial charge in [-0.05, 0) is 18.4 Å². The van der Waals surface area contributed by atoms with Crippen LogP contribution in [-0.4, -0.2) is 18.5 Å². The van der Waals surface area contributed by atoms with E-state index in [9.17, 15) is 0 Å². The van der Waals surface area contributed by atoms with Gasteiger partial charge in [-0.25, -0.2) is 0 Å². The van der Waals surface area contributed by atoms with Crippen LogP contribution >= 0.6 is 11.6 Å². The van der Waals surface area contributed by atoms with Gasteiger partial charge in [0.05, 0.1) is 0 Å². The third kappa shape index (κ3) is 5.51. The predicted octanol–water partition coefficient (Wildman–Crippen LogP) is 2.50. The number of rotatable bonds is 5. The van der Waals surface area contributed by atoms with Crippen LogP contribution in [0.25, 0.3) is 0 Å². The first-order chi connectivity index (χ1) is 5.07. The molecule has 1 nitrogen and oxygen atoms in total. The predicted molar refractivity (Wildman–Crippen MR) is 52.2 cm³/mol. The molecule has 0 aliphatic carbocycles. The third-order valence-corrected chi connectivity index (χ3v) is 2.09. The lowest BCUT2D eigenvalue weighted by molar-refractivity contribution is 0.404. The van der Waals surface area contributed by atoms with Crippen molar-refractivity contribution in [3.8, 4) is 0 Å². The maximum absolute atomic E-state index is 5.78. The van der Waals surface area contributed by atoms with E-state index in [0.717, 1.165) is 6.54 Å². The Kier molecular flexibility index (Phi) is 5.98. The average Bonchev–Trinajstić information content (AvgIpc) is 1.87. The maximum atomic E-state index is 5.78. The van der Waals surface area contributed by atoms with Crippen molar-refractivity contribution >= 4 is 11.6 Å². The van der Waals surface area contributed by atoms with Gasteiger partial charge in [-0.15, -0.1) is 11.6 Å². The second-order valence-corrected chi connectivity index (χ2v) is 4.12. The van der Waals surface area contributed by atoms with Crippen molar-refractivity contribution in [1.29, 1.82) is 0 Å². The lowest BCUT2D eigenvalue weighted by Crippen LogP contribution is -2.37. The molecule has 0 spiro atoms. The second kappa shape index (κ2) is 5.84. The van der Waals surface area contributed by atoms with Gasteiger partial charge in [0.15, 0.2) is 0 Å². The van der Waals surface area contributed by atoms with E-state index >= 15 is 0 Å². The summed E-state index contributed by atoms with van der Waals surface area (Å²) in [6, 6.07) is 0.471. The van der Waals surface area contributed by atoms with Crippen LogP contribution in [-0.2, 0) is 0 Å². The highest BCUT2D eigenvalue weighted by Crippen LogP contribution is 2.03. The summed E-state index contributed by atoms with van der Waals surface area (Å²) >= 11 is 5.78. The number of alkyl halides is 1. The molecule has 0 heterocycles. The molecule has 0 aromatic rings. The standard InChI is InChI=1S/C9H20ClN/c1-7(2)6-11-9(5-10)8(3)4/h7-9,11H,5-6H2,1-4H3. The molecular formula is C9H20ClN. The summed E-state index contributed by atoms with van der Waals surface area (Å²) in [5.41, 5.74) is 0. The third-order valence-electron chi connectivity index (χ3n) is 1.76. The topological polar surface area (TPSA) is 12.0 Å². The first-order valence-electron chi connectivity index (χ1n) is 4.37. The Balaban J connectivity index is 3.52. The summed E-state index contributed by atoms with van der Waals surface area (Å²) in [6.45, 7) is 9.87. The lowest BCUT2D eigenvalue weighted by atomic mass is 10.1. The fourth-order valence-electron chi connectivity index (χ4n) is 0.856. The van der Waals surface area contributed by atoms with E-state index in [4.69, 9.17) is 11.6 Å². The summed E-state index contributed by atoms with van der Waals surface area (Å²) in [5, 5.41) is 3.44. The minimum Gasteiger partial charge on any atom is -0.312 e. The second-order valence-electron chi connectivity index (χ2n) is 3.81. The van der Waals surface area contributed by atoms with Crippen LogP contribution in [0.15, 0.2) is 0 Å². The van der Waals surface area contributed by atoms with Crippen molar-refractivity contribution in [3.63, 3.8) is 0 Å². The van der Waals surface area contributed by atoms with E-state index in [-0.39, 0.29) is 0 Å². The fourth-order valence-corrected chi connectivity index (χ4v) is 1.32. The minimum atomic E-state index is 0.471. The monoisotopic (exact) mass is 177 g/mol. The lowest BCUT2D eigenvalue weighted by Gasteiger charge is -2.20. The summed E-state index contributed by atoms with van der Waals surface area (Å²) in [4.78, 5) is 0. The highest BCUT2D eigenvalue weighted by Gasteiger charge is 2.10. The van der Waals surface area contributed by atoms with Crippen LogP contribution in [0.2, 0.25) is 0 Å². The van der Waals surface area contributed by atoms with Crippen molar-refractivity contribution < 1.29 is 0 Å². The Hall–Kier alpha value is 0.250. The molecule has 0 bridgehead atoms. The van der Waals surface area contributed by atoms with E-state index in [1.807, 2.05) is 0 Å². The van der Waals surface area contributed by atoms with Crippen molar-refractivity contribution in [2.45, 2.75) is 33.7 Å². The molecular weight excluding hydrogens is 158 g/mol. The van der Waals surface area contributed by atoms with Crippen LogP contribution in [0.5, 0.6) is 0 Å². The molecule has 2 heteroatoms. The molecule has 0 aromatic heterocycles. The van der Waals surface area contributed by atoms with Crippen molar-refractivity contribution in [2.24, 2.45) is 11.8 Å². The molecule has 0 aromatic carbocycles. The highest BCUT2D eigenvalue weighted by molar-refractivity contribution is 6.18. The number of hydrogen-bond acceptors (Lipinski definition) is 1. The van der Waals surface area contributed by atoms with Gasteiger partial charge in [-0.3, -0.25) is 0 Å². The normalized spacial score (nSPS) is 14.5. The van der Waals surface area contributed by atoms with Crippen LogP contribution in [0.3, 0.4) is 0 Å². The molecule has 1 N–H and O–H groups in total. The summed E-state index contributed by atoms with van der Waals surface area (Å²) in [6.07, 6.45) is 0. The van der Waals surface area contributed by atoms with Gasteiger partial charge in [0.2, 0.25) is 0 Å². The van der Waals surface area contributed by atoms with Gasteiger partial charge in [-0.1, -0.05) is 27.7 Å². The van der Waals surface area contributed by atoms with Crippen molar-refractivity contribution in [3.05, 3.63) is 0 Å². The van der Waals surface area contributed by atoms with Gasteiger partial charge in [-0.2, -0.15) is 0 Å². The molecule has 0 aliphatic heterocycles. The molecule has 0 radical (unpaired) electrons. The molecule has 0 rings (SSSR count). The Morgan fingerprint density at radius 2 is 1.73 bits per heavy atom. The zero-order valence-corrected chi connectivity index (χ0v) is 8.78. The first-order valence-corrected chi connectivity index (χ1v) is 4.90. The molecule has 68 valence electrons. The molecule has 1 unspecified atom stereocenters. The van der Waals surface area contributed by atoms with E-state index < -0.39 is 0 Å². The smallest absolute Gasteiger partial charge is 0.0379 e. The molecule has 1 atom stereocenters. The van der Waals surface area contributed by atoms with Crippen molar-refractivity contribution in [2.75, 3.05) is 12.4 Å². The zero-order chi connectivity index (χ0) is 8.85. The van der Waals surface area contributed by atoms with Crippen LogP contribution in [0.1, 0.15) is 27.7 Å². The fraction of sp³-hybridized carbons (Fsp3) is 1.00. The van der Waals surface area contributed by atoms with Crippen molar-refractivity contribution in [1.82, 2.24) is 5.32 Å². The minimum absolute atomic E-state index is 0.471. The van der Waals surface area contributed by atoms with E-state index in [1.54, 1.807) is 0 Å². The Morgan fingerprint density at radius 3 is 2.00 bits per heavy atom. The van der Waals surface area contributed by atoms with Crippen LogP contribution < -0.4 is 5.32 Å². The summed E-state index contributed by atoms with van der Waals surface area (Å²) < 4.78 is 0. The quantitative estimate of drug-likeness (QED) is 0.637. The zero-order valence-electron chi connectivity index (χ0n) is 8.02. The molecule has 0 fully saturated rings. The van der Waals surface area contributed by atoms with Gasteiger partial charge in [0.25, 0.3) is 0 Å². The van der Waals surface area contributed by atoms with Gasteiger partial charge in [0, 0.05) is 11.9 Å². The molecule has 0 amide bonds. The van der Waals surface area contributed by atoms with Crippen LogP contribution in [0.4, 0.5) is 0 Å². The summed E-state index contributed by atoms with van der Waals surface area (Å²) in [7, 11) is 0. The number of halogens is 1.